The lowest BCUT2D eigenvalue weighted by atomic mass is 9.73. The Kier molecular flexibility index (Phi) is 5.31. The van der Waals surface area contributed by atoms with Gasteiger partial charge >= 0.3 is 0 Å². The highest BCUT2D eigenvalue weighted by atomic mass is 35.5. The summed E-state index contributed by atoms with van der Waals surface area (Å²) in [6, 6.07) is 14.2. The number of pyridine rings is 1. The second-order valence-electron chi connectivity index (χ2n) is 8.78. The van der Waals surface area contributed by atoms with Gasteiger partial charge < -0.3 is 5.32 Å². The van der Waals surface area contributed by atoms with Crippen molar-refractivity contribution in [2.24, 2.45) is 5.41 Å². The number of fused-ring (bicyclic) bond motifs is 1. The van der Waals surface area contributed by atoms with Crippen molar-refractivity contribution < 1.29 is 9.59 Å². The smallest absolute Gasteiger partial charge is 0.268 e. The van der Waals surface area contributed by atoms with Gasteiger partial charge in [-0.2, -0.15) is 0 Å². The molecule has 0 saturated carbocycles. The highest BCUT2D eigenvalue weighted by Gasteiger charge is 2.36. The van der Waals surface area contributed by atoms with Crippen molar-refractivity contribution in [1.29, 1.82) is 0 Å². The summed E-state index contributed by atoms with van der Waals surface area (Å²) in [6.07, 6.45) is 2.40. The van der Waals surface area contributed by atoms with Crippen LogP contribution in [0, 0.1) is 12.3 Å². The molecule has 6 heteroatoms. The summed E-state index contributed by atoms with van der Waals surface area (Å²) >= 11 is 6.20. The molecule has 3 aromatic rings. The SMILES string of the molecule is Cc1ccc(-n2cc3c(c(C(=O)Nc4ccccc4Cl)c2=O)CC(C)(C)CC3=O)cc1. The normalized spacial score (nSPS) is 14.8. The van der Waals surface area contributed by atoms with Crippen LogP contribution in [-0.2, 0) is 6.42 Å². The second kappa shape index (κ2) is 7.82. The number of benzene rings is 2. The van der Waals surface area contributed by atoms with Gasteiger partial charge in [0.25, 0.3) is 11.5 Å². The Labute approximate surface area is 185 Å². The average molecular weight is 435 g/mol. The Bertz CT molecular complexity index is 1260. The van der Waals surface area contributed by atoms with Crippen LogP contribution in [0.1, 0.15) is 52.1 Å². The van der Waals surface area contributed by atoms with E-state index in [-0.39, 0.29) is 16.8 Å². The number of carbonyl (C=O) groups excluding carboxylic acids is 2. The van der Waals surface area contributed by atoms with Crippen LogP contribution in [0.3, 0.4) is 0 Å². The lowest BCUT2D eigenvalue weighted by Gasteiger charge is -2.31. The molecule has 0 fully saturated rings. The summed E-state index contributed by atoms with van der Waals surface area (Å²) in [5.74, 6) is -0.639. The molecule has 0 saturated heterocycles. The molecule has 1 aromatic heterocycles. The number of hydrogen-bond donors (Lipinski definition) is 1. The number of nitrogens with zero attached hydrogens (tertiary/aromatic N) is 1. The molecule has 0 aliphatic heterocycles. The molecule has 0 bridgehead atoms. The number of amides is 1. The molecule has 1 N–H and O–H groups in total. The fraction of sp³-hybridized carbons (Fsp3) is 0.240. The van der Waals surface area contributed by atoms with Gasteiger partial charge in [0.05, 0.1) is 10.7 Å². The summed E-state index contributed by atoms with van der Waals surface area (Å²) in [4.78, 5) is 39.8. The number of rotatable bonds is 3. The van der Waals surface area contributed by atoms with Crippen LogP contribution >= 0.6 is 11.6 Å². The fourth-order valence-electron chi connectivity index (χ4n) is 4.02. The third-order valence-corrected chi connectivity index (χ3v) is 5.90. The molecule has 0 spiro atoms. The molecule has 1 aliphatic rings. The lowest BCUT2D eigenvalue weighted by molar-refractivity contribution is 0.0910. The van der Waals surface area contributed by atoms with Crippen LogP contribution in [-0.4, -0.2) is 16.3 Å². The number of hydrogen-bond acceptors (Lipinski definition) is 3. The largest absolute Gasteiger partial charge is 0.320 e. The summed E-state index contributed by atoms with van der Waals surface area (Å²) in [5, 5.41) is 3.12. The summed E-state index contributed by atoms with van der Waals surface area (Å²) in [5.41, 5.74) is 2.16. The Balaban J connectivity index is 1.92. The van der Waals surface area contributed by atoms with E-state index < -0.39 is 11.5 Å². The molecule has 2 aromatic carbocycles. The molecular formula is C25H23ClN2O3. The van der Waals surface area contributed by atoms with Gasteiger partial charge in [0.15, 0.2) is 5.78 Å². The van der Waals surface area contributed by atoms with E-state index in [1.165, 1.54) is 4.57 Å². The Morgan fingerprint density at radius 3 is 2.39 bits per heavy atom. The van der Waals surface area contributed by atoms with Crippen molar-refractivity contribution in [3.8, 4) is 5.69 Å². The maximum absolute atomic E-state index is 13.5. The monoisotopic (exact) mass is 434 g/mol. The van der Waals surface area contributed by atoms with Crippen molar-refractivity contribution in [2.45, 2.75) is 33.6 Å². The van der Waals surface area contributed by atoms with Crippen molar-refractivity contribution in [2.75, 3.05) is 5.32 Å². The lowest BCUT2D eigenvalue weighted by Crippen LogP contribution is -2.37. The molecule has 1 heterocycles. The van der Waals surface area contributed by atoms with Gasteiger partial charge in [-0.1, -0.05) is 55.3 Å². The molecule has 0 unspecified atom stereocenters. The molecule has 1 amide bonds. The third kappa shape index (κ3) is 4.06. The van der Waals surface area contributed by atoms with Crippen LogP contribution in [0.5, 0.6) is 0 Å². The molecule has 158 valence electrons. The number of anilines is 1. The van der Waals surface area contributed by atoms with Gasteiger partial charge in [0.2, 0.25) is 0 Å². The molecular weight excluding hydrogens is 412 g/mol. The Morgan fingerprint density at radius 1 is 1.03 bits per heavy atom. The van der Waals surface area contributed by atoms with Gasteiger partial charge in [-0.3, -0.25) is 19.0 Å². The fourth-order valence-corrected chi connectivity index (χ4v) is 4.21. The number of Topliss-reactive ketones (excluding diaryl/α,β-unsaturated/α-hetero) is 1. The highest BCUT2D eigenvalue weighted by molar-refractivity contribution is 6.34. The maximum Gasteiger partial charge on any atom is 0.268 e. The minimum atomic E-state index is -0.568. The quantitative estimate of drug-likeness (QED) is 0.615. The standard InChI is InChI=1S/C25H23ClN2O3/c1-15-8-10-16(11-9-15)28-14-18-17(12-25(2,3)13-21(18)29)22(24(28)31)23(30)27-20-7-5-4-6-19(20)26/h4-11,14H,12-13H2,1-3H3,(H,27,30). The minimum Gasteiger partial charge on any atom is -0.320 e. The first kappa shape index (κ1) is 21.1. The molecule has 31 heavy (non-hydrogen) atoms. The number of nitrogens with one attached hydrogen (secondary N) is 1. The van der Waals surface area contributed by atoms with Crippen LogP contribution in [0.25, 0.3) is 5.69 Å². The number of halogens is 1. The van der Waals surface area contributed by atoms with Crippen molar-refractivity contribution in [1.82, 2.24) is 4.57 Å². The van der Waals surface area contributed by atoms with E-state index in [2.05, 4.69) is 5.32 Å². The number of ketones is 1. The molecule has 1 aliphatic carbocycles. The summed E-state index contributed by atoms with van der Waals surface area (Å²) < 4.78 is 1.38. The van der Waals surface area contributed by atoms with E-state index in [4.69, 9.17) is 11.6 Å². The molecule has 0 atom stereocenters. The number of aromatic nitrogens is 1. The van der Waals surface area contributed by atoms with E-state index in [0.29, 0.717) is 40.4 Å². The summed E-state index contributed by atoms with van der Waals surface area (Å²) in [7, 11) is 0. The first-order chi connectivity index (χ1) is 14.7. The van der Waals surface area contributed by atoms with Crippen LogP contribution in [0.15, 0.2) is 59.5 Å². The minimum absolute atomic E-state index is 0.0147. The van der Waals surface area contributed by atoms with E-state index in [1.807, 2.05) is 32.9 Å². The van der Waals surface area contributed by atoms with Gasteiger partial charge in [-0.15, -0.1) is 0 Å². The second-order valence-corrected chi connectivity index (χ2v) is 9.19. The number of para-hydroxylation sites is 1. The van der Waals surface area contributed by atoms with Crippen LogP contribution in [0.4, 0.5) is 5.69 Å². The number of carbonyl (C=O) groups is 2. The van der Waals surface area contributed by atoms with Crippen molar-refractivity contribution in [3.05, 3.63) is 92.4 Å². The predicted octanol–water partition coefficient (Wildman–Crippen LogP) is 5.21. The predicted molar refractivity (Wildman–Crippen MR) is 123 cm³/mol. The van der Waals surface area contributed by atoms with E-state index in [0.717, 1.165) is 5.56 Å². The van der Waals surface area contributed by atoms with Crippen molar-refractivity contribution >= 4 is 29.0 Å². The van der Waals surface area contributed by atoms with E-state index >= 15 is 0 Å². The van der Waals surface area contributed by atoms with Gasteiger partial charge in [0, 0.05) is 23.9 Å². The topological polar surface area (TPSA) is 68.2 Å². The average Bonchev–Trinajstić information content (AvgIpc) is 2.69. The Hall–Kier alpha value is -3.18. The van der Waals surface area contributed by atoms with E-state index in [1.54, 1.807) is 42.6 Å². The summed E-state index contributed by atoms with van der Waals surface area (Å²) in [6.45, 7) is 5.89. The van der Waals surface area contributed by atoms with Crippen LogP contribution < -0.4 is 10.9 Å². The zero-order chi connectivity index (χ0) is 22.3. The first-order valence-corrected chi connectivity index (χ1v) is 10.5. The van der Waals surface area contributed by atoms with Gasteiger partial charge in [-0.25, -0.2) is 0 Å². The van der Waals surface area contributed by atoms with Crippen molar-refractivity contribution in [3.63, 3.8) is 0 Å². The maximum atomic E-state index is 13.5. The molecule has 0 radical (unpaired) electrons. The van der Waals surface area contributed by atoms with Gasteiger partial charge in [0.1, 0.15) is 5.56 Å². The van der Waals surface area contributed by atoms with Gasteiger partial charge in [-0.05, 0) is 48.6 Å². The third-order valence-electron chi connectivity index (χ3n) is 5.57. The zero-order valence-electron chi connectivity index (χ0n) is 17.7. The highest BCUT2D eigenvalue weighted by Crippen LogP contribution is 2.36. The number of aryl methyl sites for hydroxylation is 1. The first-order valence-electron chi connectivity index (χ1n) is 10.1. The molecule has 4 rings (SSSR count). The molecule has 5 nitrogen and oxygen atoms in total. The zero-order valence-corrected chi connectivity index (χ0v) is 18.4. The Morgan fingerprint density at radius 2 is 1.71 bits per heavy atom. The van der Waals surface area contributed by atoms with E-state index in [9.17, 15) is 14.4 Å². The van der Waals surface area contributed by atoms with Crippen LogP contribution in [0.2, 0.25) is 5.02 Å².